The molecule has 0 aliphatic rings. The highest BCUT2D eigenvalue weighted by atomic mass is 32.2. The zero-order valence-corrected chi connectivity index (χ0v) is 15.7. The minimum atomic E-state index is -0.0938. The molecule has 0 aliphatic heterocycles. The monoisotopic (exact) mass is 389 g/mol. The van der Waals surface area contributed by atoms with E-state index in [-0.39, 0.29) is 5.56 Å². The van der Waals surface area contributed by atoms with Crippen molar-refractivity contribution in [3.05, 3.63) is 76.5 Å². The number of H-pyrrole nitrogens is 1. The van der Waals surface area contributed by atoms with Gasteiger partial charge in [-0.15, -0.1) is 10.2 Å². The first-order valence-corrected chi connectivity index (χ1v) is 9.69. The number of nitrogens with one attached hydrogen (secondary N) is 1. The molecule has 0 amide bonds. The molecule has 138 valence electrons. The fraction of sp³-hybridized carbons (Fsp3) is 0.100. The van der Waals surface area contributed by atoms with Crippen molar-refractivity contribution in [2.75, 3.05) is 0 Å². The Morgan fingerprint density at radius 2 is 2.04 bits per heavy atom. The molecule has 8 heteroatoms. The van der Waals surface area contributed by atoms with Crippen LogP contribution in [0.25, 0.3) is 28.0 Å². The van der Waals surface area contributed by atoms with Crippen LogP contribution in [-0.2, 0) is 5.75 Å². The van der Waals surface area contributed by atoms with E-state index in [9.17, 15) is 4.79 Å². The van der Waals surface area contributed by atoms with Crippen molar-refractivity contribution in [3.8, 4) is 11.5 Å². The SMILES string of the molecule is Cc1cccc2nc(CSc3nnc(-c4c[nH]c5ccccc45)o3)cc(=O)n12. The summed E-state index contributed by atoms with van der Waals surface area (Å²) in [4.78, 5) is 20.1. The second kappa shape index (κ2) is 6.65. The molecule has 4 heterocycles. The predicted octanol–water partition coefficient (Wildman–Crippen LogP) is 3.83. The average molecular weight is 389 g/mol. The van der Waals surface area contributed by atoms with Gasteiger partial charge in [-0.25, -0.2) is 4.98 Å². The lowest BCUT2D eigenvalue weighted by molar-refractivity contribution is 0.466. The molecule has 0 saturated carbocycles. The van der Waals surface area contributed by atoms with Gasteiger partial charge in [0.05, 0.1) is 11.3 Å². The third kappa shape index (κ3) is 2.87. The van der Waals surface area contributed by atoms with Crippen LogP contribution in [0.4, 0.5) is 0 Å². The second-order valence-electron chi connectivity index (χ2n) is 6.36. The Labute approximate surface area is 163 Å². The van der Waals surface area contributed by atoms with Crippen LogP contribution in [0.1, 0.15) is 11.4 Å². The first-order chi connectivity index (χ1) is 13.7. The van der Waals surface area contributed by atoms with Gasteiger partial charge in [-0.2, -0.15) is 0 Å². The molecule has 0 fully saturated rings. The van der Waals surface area contributed by atoms with Gasteiger partial charge < -0.3 is 9.40 Å². The van der Waals surface area contributed by atoms with E-state index in [0.717, 1.165) is 22.2 Å². The largest absolute Gasteiger partial charge is 0.411 e. The second-order valence-corrected chi connectivity index (χ2v) is 7.28. The highest BCUT2D eigenvalue weighted by Crippen LogP contribution is 2.30. The number of aromatic nitrogens is 5. The molecule has 0 bridgehead atoms. The molecule has 4 aromatic heterocycles. The Balaban J connectivity index is 1.40. The van der Waals surface area contributed by atoms with E-state index >= 15 is 0 Å². The third-order valence-electron chi connectivity index (χ3n) is 4.50. The van der Waals surface area contributed by atoms with E-state index in [1.54, 1.807) is 10.5 Å². The van der Waals surface area contributed by atoms with Crippen LogP contribution >= 0.6 is 11.8 Å². The minimum absolute atomic E-state index is 0.0938. The number of benzene rings is 1. The first-order valence-electron chi connectivity index (χ1n) is 8.70. The summed E-state index contributed by atoms with van der Waals surface area (Å²) in [5.74, 6) is 0.928. The van der Waals surface area contributed by atoms with Crippen LogP contribution in [0.5, 0.6) is 0 Å². The Hall–Kier alpha value is -3.39. The van der Waals surface area contributed by atoms with Crippen molar-refractivity contribution in [1.82, 2.24) is 24.6 Å². The zero-order valence-electron chi connectivity index (χ0n) is 14.9. The molecule has 1 aromatic carbocycles. The molecule has 0 aliphatic carbocycles. The number of aromatic amines is 1. The van der Waals surface area contributed by atoms with Crippen LogP contribution < -0.4 is 5.56 Å². The fourth-order valence-corrected chi connectivity index (χ4v) is 3.85. The van der Waals surface area contributed by atoms with Crippen LogP contribution in [0.2, 0.25) is 0 Å². The normalized spacial score (nSPS) is 11.5. The molecule has 0 spiro atoms. The molecule has 0 saturated heterocycles. The van der Waals surface area contributed by atoms with Crippen LogP contribution in [0, 0.1) is 6.92 Å². The van der Waals surface area contributed by atoms with Crippen molar-refractivity contribution in [2.24, 2.45) is 0 Å². The molecular formula is C20H15N5O2S. The van der Waals surface area contributed by atoms with E-state index < -0.39 is 0 Å². The number of thioether (sulfide) groups is 1. The topological polar surface area (TPSA) is 89.1 Å². The number of nitrogens with zero attached hydrogens (tertiary/aromatic N) is 4. The maximum absolute atomic E-state index is 12.4. The number of aryl methyl sites for hydroxylation is 1. The Morgan fingerprint density at radius 3 is 2.96 bits per heavy atom. The standard InChI is InChI=1S/C20H15N5O2S/c1-12-5-4-8-17-22-13(9-18(26)25(12)17)11-28-20-24-23-19(27-20)15-10-21-16-7-3-2-6-14(15)16/h2-10,21H,11H2,1H3. The highest BCUT2D eigenvalue weighted by Gasteiger charge is 2.14. The van der Waals surface area contributed by atoms with Crippen LogP contribution in [-0.4, -0.2) is 24.6 Å². The summed E-state index contributed by atoms with van der Waals surface area (Å²) in [5.41, 5.74) is 3.95. The molecule has 0 unspecified atom stereocenters. The fourth-order valence-electron chi connectivity index (χ4n) is 3.20. The Morgan fingerprint density at radius 1 is 1.14 bits per heavy atom. The van der Waals surface area contributed by atoms with Gasteiger partial charge in [0.25, 0.3) is 16.7 Å². The smallest absolute Gasteiger partial charge is 0.277 e. The molecular weight excluding hydrogens is 374 g/mol. The lowest BCUT2D eigenvalue weighted by atomic mass is 10.2. The van der Waals surface area contributed by atoms with E-state index in [1.165, 1.54) is 11.8 Å². The zero-order chi connectivity index (χ0) is 19.1. The number of para-hydroxylation sites is 1. The van der Waals surface area contributed by atoms with E-state index in [0.29, 0.717) is 28.2 Å². The molecule has 0 radical (unpaired) electrons. The van der Waals surface area contributed by atoms with Gasteiger partial charge in [0, 0.05) is 34.6 Å². The average Bonchev–Trinajstić information content (AvgIpc) is 3.33. The van der Waals surface area contributed by atoms with Crippen LogP contribution in [0.15, 0.2) is 69.2 Å². The number of hydrogen-bond acceptors (Lipinski definition) is 6. The van der Waals surface area contributed by atoms with Gasteiger partial charge in [-0.05, 0) is 25.1 Å². The van der Waals surface area contributed by atoms with Gasteiger partial charge in [-0.1, -0.05) is 36.0 Å². The summed E-state index contributed by atoms with van der Waals surface area (Å²) in [5, 5.41) is 9.74. The van der Waals surface area contributed by atoms with Crippen molar-refractivity contribution < 1.29 is 4.42 Å². The number of rotatable bonds is 4. The van der Waals surface area contributed by atoms with Gasteiger partial charge in [-0.3, -0.25) is 9.20 Å². The number of fused-ring (bicyclic) bond motifs is 2. The molecule has 28 heavy (non-hydrogen) atoms. The quantitative estimate of drug-likeness (QED) is 0.470. The summed E-state index contributed by atoms with van der Waals surface area (Å²) in [6.45, 7) is 1.88. The van der Waals surface area contributed by atoms with Gasteiger partial charge in [0.2, 0.25) is 0 Å². The first kappa shape index (κ1) is 16.8. The van der Waals surface area contributed by atoms with Crippen molar-refractivity contribution in [2.45, 2.75) is 17.9 Å². The van der Waals surface area contributed by atoms with E-state index in [1.807, 2.05) is 55.6 Å². The summed E-state index contributed by atoms with van der Waals surface area (Å²) < 4.78 is 7.40. The highest BCUT2D eigenvalue weighted by molar-refractivity contribution is 7.98. The van der Waals surface area contributed by atoms with E-state index in [4.69, 9.17) is 4.42 Å². The molecule has 5 rings (SSSR count). The molecule has 7 nitrogen and oxygen atoms in total. The molecule has 5 aromatic rings. The summed E-state index contributed by atoms with van der Waals surface area (Å²) in [7, 11) is 0. The van der Waals surface area contributed by atoms with Crippen molar-refractivity contribution in [1.29, 1.82) is 0 Å². The number of hydrogen-bond donors (Lipinski definition) is 1. The van der Waals surface area contributed by atoms with Gasteiger partial charge in [0.15, 0.2) is 0 Å². The Kier molecular flexibility index (Phi) is 3.98. The minimum Gasteiger partial charge on any atom is -0.411 e. The van der Waals surface area contributed by atoms with Gasteiger partial charge in [0.1, 0.15) is 5.65 Å². The maximum Gasteiger partial charge on any atom is 0.277 e. The van der Waals surface area contributed by atoms with Crippen LogP contribution in [0.3, 0.4) is 0 Å². The lowest BCUT2D eigenvalue weighted by Gasteiger charge is -2.05. The summed E-state index contributed by atoms with van der Waals surface area (Å²) >= 11 is 1.36. The number of pyridine rings is 1. The predicted molar refractivity (Wildman–Crippen MR) is 107 cm³/mol. The summed E-state index contributed by atoms with van der Waals surface area (Å²) in [6.07, 6.45) is 1.86. The maximum atomic E-state index is 12.4. The van der Waals surface area contributed by atoms with Gasteiger partial charge >= 0.3 is 0 Å². The van der Waals surface area contributed by atoms with Crippen molar-refractivity contribution in [3.63, 3.8) is 0 Å². The van der Waals surface area contributed by atoms with Crippen molar-refractivity contribution >= 4 is 28.3 Å². The Bertz CT molecular complexity index is 1370. The van der Waals surface area contributed by atoms with E-state index in [2.05, 4.69) is 20.2 Å². The summed E-state index contributed by atoms with van der Waals surface area (Å²) in [6, 6.07) is 15.1. The third-order valence-corrected chi connectivity index (χ3v) is 5.35. The molecule has 0 atom stereocenters. The lowest BCUT2D eigenvalue weighted by Crippen LogP contribution is -2.17. The molecule has 1 N–H and O–H groups in total.